The molecule has 0 bridgehead atoms. The normalized spacial score (nSPS) is 10.0. The smallest absolute Gasteiger partial charge is 0.165 e. The van der Waals surface area contributed by atoms with E-state index in [4.69, 9.17) is 0 Å². The van der Waals surface area contributed by atoms with E-state index in [1.807, 2.05) is 14.0 Å². The molecule has 0 aliphatic carbocycles. The molecule has 12 heavy (non-hydrogen) atoms. The molecule has 0 saturated carbocycles. The molecule has 1 aromatic heterocycles. The topological polar surface area (TPSA) is 46.9 Å². The van der Waals surface area contributed by atoms with E-state index in [1.54, 1.807) is 18.7 Å². The Balaban J connectivity index is 3.32. The van der Waals surface area contributed by atoms with Gasteiger partial charge in [0.2, 0.25) is 0 Å². The van der Waals surface area contributed by atoms with Crippen molar-refractivity contribution in [2.24, 2.45) is 7.05 Å². The molecule has 0 atom stereocenters. The molecule has 4 nitrogen and oxygen atoms in total. The van der Waals surface area contributed by atoms with Crippen LogP contribution >= 0.6 is 0 Å². The predicted octanol–water partition coefficient (Wildman–Crippen LogP) is 0.973. The molecule has 0 fully saturated rings. The van der Waals surface area contributed by atoms with Crippen LogP contribution in [0.25, 0.3) is 0 Å². The molecule has 0 radical (unpaired) electrons. The van der Waals surface area contributed by atoms with Gasteiger partial charge in [0.1, 0.15) is 5.82 Å². The maximum Gasteiger partial charge on any atom is 0.165 e. The van der Waals surface area contributed by atoms with Gasteiger partial charge >= 0.3 is 0 Å². The van der Waals surface area contributed by atoms with Gasteiger partial charge in [0.15, 0.2) is 5.78 Å². The van der Waals surface area contributed by atoms with E-state index in [9.17, 15) is 4.79 Å². The highest BCUT2D eigenvalue weighted by Gasteiger charge is 2.14. The minimum absolute atomic E-state index is 0.0463. The molecule has 1 rings (SSSR count). The zero-order valence-corrected chi connectivity index (χ0v) is 7.80. The molecule has 0 unspecified atom stereocenters. The second-order valence-electron chi connectivity index (χ2n) is 2.74. The van der Waals surface area contributed by atoms with Crippen LogP contribution in [0, 0.1) is 6.92 Å². The maximum absolute atomic E-state index is 11.2. The number of nitrogens with zero attached hydrogens (tertiary/aromatic N) is 2. The van der Waals surface area contributed by atoms with Crippen LogP contribution in [0.5, 0.6) is 0 Å². The first-order chi connectivity index (χ1) is 5.57. The highest BCUT2D eigenvalue weighted by molar-refractivity contribution is 5.99. The first-order valence-corrected chi connectivity index (χ1v) is 3.80. The van der Waals surface area contributed by atoms with E-state index < -0.39 is 0 Å². The first kappa shape index (κ1) is 8.77. The van der Waals surface area contributed by atoms with Gasteiger partial charge in [-0.05, 0) is 13.8 Å². The summed E-state index contributed by atoms with van der Waals surface area (Å²) in [4.78, 5) is 11.2. The van der Waals surface area contributed by atoms with Gasteiger partial charge in [0.05, 0.1) is 11.3 Å². The Labute approximate surface area is 71.6 Å². The van der Waals surface area contributed by atoms with E-state index in [2.05, 4.69) is 10.4 Å². The monoisotopic (exact) mass is 167 g/mol. The first-order valence-electron chi connectivity index (χ1n) is 3.80. The highest BCUT2D eigenvalue weighted by atomic mass is 16.1. The Morgan fingerprint density at radius 1 is 1.58 bits per heavy atom. The number of anilines is 1. The van der Waals surface area contributed by atoms with Gasteiger partial charge in [-0.25, -0.2) is 0 Å². The molecule has 0 aliphatic rings. The summed E-state index contributed by atoms with van der Waals surface area (Å²) in [6, 6.07) is 0. The second kappa shape index (κ2) is 2.97. The van der Waals surface area contributed by atoms with Crippen LogP contribution in [0.1, 0.15) is 23.0 Å². The average molecular weight is 167 g/mol. The van der Waals surface area contributed by atoms with Crippen LogP contribution in [-0.4, -0.2) is 22.6 Å². The van der Waals surface area contributed by atoms with Crippen LogP contribution in [0.4, 0.5) is 5.82 Å². The maximum atomic E-state index is 11.2. The van der Waals surface area contributed by atoms with Crippen molar-refractivity contribution in [3.63, 3.8) is 0 Å². The van der Waals surface area contributed by atoms with Gasteiger partial charge < -0.3 is 5.32 Å². The van der Waals surface area contributed by atoms with Crippen LogP contribution in [0.15, 0.2) is 0 Å². The molecular formula is C8H13N3O. The van der Waals surface area contributed by atoms with Gasteiger partial charge in [0, 0.05) is 14.1 Å². The van der Waals surface area contributed by atoms with E-state index in [0.717, 1.165) is 11.5 Å². The zero-order valence-electron chi connectivity index (χ0n) is 7.80. The number of aromatic nitrogens is 2. The molecule has 0 aromatic carbocycles. The van der Waals surface area contributed by atoms with Crippen LogP contribution in [0.2, 0.25) is 0 Å². The number of carbonyl (C=O) groups excluding carboxylic acids is 1. The fourth-order valence-electron chi connectivity index (χ4n) is 1.37. The Kier molecular flexibility index (Phi) is 2.17. The zero-order chi connectivity index (χ0) is 9.30. The number of rotatable bonds is 2. The number of hydrogen-bond acceptors (Lipinski definition) is 3. The van der Waals surface area contributed by atoms with Crippen LogP contribution in [-0.2, 0) is 7.05 Å². The summed E-state index contributed by atoms with van der Waals surface area (Å²) in [5.74, 6) is 0.824. The lowest BCUT2D eigenvalue weighted by Crippen LogP contribution is -2.02. The molecule has 1 N–H and O–H groups in total. The molecule has 1 aromatic rings. The van der Waals surface area contributed by atoms with Crippen molar-refractivity contribution in [3.05, 3.63) is 11.3 Å². The molecule has 4 heteroatoms. The van der Waals surface area contributed by atoms with Crippen molar-refractivity contribution < 1.29 is 4.79 Å². The number of hydrogen-bond donors (Lipinski definition) is 1. The van der Waals surface area contributed by atoms with E-state index in [-0.39, 0.29) is 5.78 Å². The molecule has 66 valence electrons. The van der Waals surface area contributed by atoms with Crippen LogP contribution in [0.3, 0.4) is 0 Å². The fraction of sp³-hybridized carbons (Fsp3) is 0.500. The van der Waals surface area contributed by atoms with Gasteiger partial charge in [-0.2, -0.15) is 5.10 Å². The van der Waals surface area contributed by atoms with Gasteiger partial charge in [-0.15, -0.1) is 0 Å². The van der Waals surface area contributed by atoms with Gasteiger partial charge in [0.25, 0.3) is 0 Å². The minimum atomic E-state index is 0.0463. The molecular weight excluding hydrogens is 154 g/mol. The van der Waals surface area contributed by atoms with E-state index in [1.165, 1.54) is 0 Å². The number of ketones is 1. The summed E-state index contributed by atoms with van der Waals surface area (Å²) in [6.07, 6.45) is 0. The lowest BCUT2D eigenvalue weighted by molar-refractivity contribution is 0.101. The van der Waals surface area contributed by atoms with Crippen LogP contribution < -0.4 is 5.32 Å². The quantitative estimate of drug-likeness (QED) is 0.668. The number of aryl methyl sites for hydroxylation is 2. The molecule has 0 saturated heterocycles. The number of carbonyl (C=O) groups is 1. The fourth-order valence-corrected chi connectivity index (χ4v) is 1.37. The summed E-state index contributed by atoms with van der Waals surface area (Å²) < 4.78 is 1.67. The standard InChI is InChI=1S/C8H13N3O/c1-5-7(6(2)12)8(9-3)11(4)10-5/h9H,1-4H3. The van der Waals surface area contributed by atoms with Crippen molar-refractivity contribution in [2.45, 2.75) is 13.8 Å². The van der Waals surface area contributed by atoms with Gasteiger partial charge in [-0.1, -0.05) is 0 Å². The summed E-state index contributed by atoms with van der Waals surface area (Å²) >= 11 is 0. The Hall–Kier alpha value is -1.32. The number of nitrogens with one attached hydrogen (secondary N) is 1. The summed E-state index contributed by atoms with van der Waals surface area (Å²) in [6.45, 7) is 3.38. The summed E-state index contributed by atoms with van der Waals surface area (Å²) in [5, 5.41) is 7.08. The van der Waals surface area contributed by atoms with E-state index in [0.29, 0.717) is 5.56 Å². The largest absolute Gasteiger partial charge is 0.373 e. The molecule has 0 spiro atoms. The lowest BCUT2D eigenvalue weighted by atomic mass is 10.2. The third-order valence-electron chi connectivity index (χ3n) is 1.81. The van der Waals surface area contributed by atoms with Gasteiger partial charge in [-0.3, -0.25) is 9.48 Å². The SMILES string of the molecule is CNc1c(C(C)=O)c(C)nn1C. The molecule has 1 heterocycles. The Morgan fingerprint density at radius 3 is 2.50 bits per heavy atom. The Bertz CT molecular complexity index is 314. The number of Topliss-reactive ketones (excluding diaryl/α,β-unsaturated/α-hetero) is 1. The van der Waals surface area contributed by atoms with Crippen molar-refractivity contribution in [1.82, 2.24) is 9.78 Å². The van der Waals surface area contributed by atoms with Crippen molar-refractivity contribution in [2.75, 3.05) is 12.4 Å². The third kappa shape index (κ3) is 1.20. The predicted molar refractivity (Wildman–Crippen MR) is 47.5 cm³/mol. The Morgan fingerprint density at radius 2 is 2.17 bits per heavy atom. The summed E-state index contributed by atoms with van der Waals surface area (Å²) in [7, 11) is 3.59. The molecule has 0 amide bonds. The lowest BCUT2D eigenvalue weighted by Gasteiger charge is -2.01. The van der Waals surface area contributed by atoms with Crippen molar-refractivity contribution >= 4 is 11.6 Å². The molecule has 0 aliphatic heterocycles. The van der Waals surface area contributed by atoms with E-state index >= 15 is 0 Å². The summed E-state index contributed by atoms with van der Waals surface area (Å²) in [5.41, 5.74) is 1.45. The minimum Gasteiger partial charge on any atom is -0.373 e. The van der Waals surface area contributed by atoms with Crippen molar-refractivity contribution in [1.29, 1.82) is 0 Å². The third-order valence-corrected chi connectivity index (χ3v) is 1.81. The second-order valence-corrected chi connectivity index (χ2v) is 2.74. The highest BCUT2D eigenvalue weighted by Crippen LogP contribution is 2.17. The van der Waals surface area contributed by atoms with Crippen molar-refractivity contribution in [3.8, 4) is 0 Å². The average Bonchev–Trinajstić information content (AvgIpc) is 2.24.